The molecule has 126 valence electrons. The maximum absolute atomic E-state index is 12.4. The summed E-state index contributed by atoms with van der Waals surface area (Å²) < 4.78 is 28.8. The SMILES string of the molecule is Cc1n[nH]c(C)c1S(=O)(=O)Nc1ncn(Cc2cccc(Cl)c2)n1. The zero-order valence-corrected chi connectivity index (χ0v) is 14.6. The van der Waals surface area contributed by atoms with Crippen LogP contribution in [0.3, 0.4) is 0 Å². The number of hydrogen-bond donors (Lipinski definition) is 2. The van der Waals surface area contributed by atoms with Gasteiger partial charge in [0.1, 0.15) is 11.2 Å². The molecule has 0 radical (unpaired) electrons. The molecule has 2 aromatic heterocycles. The molecule has 2 heterocycles. The van der Waals surface area contributed by atoms with Crippen molar-refractivity contribution in [2.75, 3.05) is 4.72 Å². The van der Waals surface area contributed by atoms with Crippen molar-refractivity contribution >= 4 is 27.6 Å². The Kier molecular flexibility index (Phi) is 4.29. The monoisotopic (exact) mass is 366 g/mol. The number of aryl methyl sites for hydroxylation is 2. The molecule has 3 aromatic rings. The van der Waals surface area contributed by atoms with Gasteiger partial charge < -0.3 is 0 Å². The van der Waals surface area contributed by atoms with Gasteiger partial charge in [-0.05, 0) is 31.5 Å². The maximum atomic E-state index is 12.4. The molecule has 8 nitrogen and oxygen atoms in total. The predicted octanol–water partition coefficient (Wildman–Crippen LogP) is 2.12. The molecule has 24 heavy (non-hydrogen) atoms. The summed E-state index contributed by atoms with van der Waals surface area (Å²) >= 11 is 5.94. The number of aromatic amines is 1. The number of anilines is 1. The van der Waals surface area contributed by atoms with Gasteiger partial charge in [0.2, 0.25) is 0 Å². The normalized spacial score (nSPS) is 11.6. The molecule has 0 atom stereocenters. The van der Waals surface area contributed by atoms with E-state index < -0.39 is 10.0 Å². The molecule has 0 amide bonds. The van der Waals surface area contributed by atoms with E-state index in [0.29, 0.717) is 23.0 Å². The van der Waals surface area contributed by atoms with Crippen LogP contribution < -0.4 is 4.72 Å². The van der Waals surface area contributed by atoms with Crippen molar-refractivity contribution in [3.05, 3.63) is 52.6 Å². The third-order valence-electron chi connectivity index (χ3n) is 3.32. The largest absolute Gasteiger partial charge is 0.281 e. The lowest BCUT2D eigenvalue weighted by Gasteiger charge is -2.04. The number of halogens is 1. The number of nitrogens with zero attached hydrogens (tertiary/aromatic N) is 4. The van der Waals surface area contributed by atoms with Crippen LogP contribution in [0.5, 0.6) is 0 Å². The second-order valence-electron chi connectivity index (χ2n) is 5.26. The van der Waals surface area contributed by atoms with E-state index in [1.165, 1.54) is 11.0 Å². The highest BCUT2D eigenvalue weighted by Crippen LogP contribution is 2.19. The molecule has 0 unspecified atom stereocenters. The first-order valence-corrected chi connectivity index (χ1v) is 8.89. The fraction of sp³-hybridized carbons (Fsp3) is 0.214. The fourth-order valence-corrected chi connectivity index (χ4v) is 3.88. The molecule has 0 saturated carbocycles. The molecule has 0 saturated heterocycles. The van der Waals surface area contributed by atoms with Gasteiger partial charge in [0.05, 0.1) is 17.9 Å². The maximum Gasteiger partial charge on any atom is 0.267 e. The summed E-state index contributed by atoms with van der Waals surface area (Å²) in [5.41, 5.74) is 1.78. The van der Waals surface area contributed by atoms with Crippen LogP contribution in [-0.2, 0) is 16.6 Å². The van der Waals surface area contributed by atoms with Gasteiger partial charge in [-0.25, -0.2) is 17.8 Å². The lowest BCUT2D eigenvalue weighted by atomic mass is 10.2. The van der Waals surface area contributed by atoms with E-state index in [2.05, 4.69) is 25.0 Å². The van der Waals surface area contributed by atoms with E-state index >= 15 is 0 Å². The third kappa shape index (κ3) is 3.41. The Morgan fingerprint density at radius 1 is 1.33 bits per heavy atom. The van der Waals surface area contributed by atoms with Gasteiger partial charge in [-0.1, -0.05) is 23.7 Å². The second kappa shape index (κ2) is 6.25. The Bertz CT molecular complexity index is 959. The van der Waals surface area contributed by atoms with Crippen molar-refractivity contribution in [3.63, 3.8) is 0 Å². The highest BCUT2D eigenvalue weighted by Gasteiger charge is 2.23. The molecule has 0 aliphatic heterocycles. The summed E-state index contributed by atoms with van der Waals surface area (Å²) in [6, 6.07) is 7.32. The van der Waals surface area contributed by atoms with Crippen molar-refractivity contribution in [1.29, 1.82) is 0 Å². The third-order valence-corrected chi connectivity index (χ3v) is 5.15. The minimum absolute atomic E-state index is 0.00275. The lowest BCUT2D eigenvalue weighted by Crippen LogP contribution is -2.16. The number of rotatable bonds is 5. The summed E-state index contributed by atoms with van der Waals surface area (Å²) in [5.74, 6) is -0.00275. The van der Waals surface area contributed by atoms with Crippen molar-refractivity contribution in [2.45, 2.75) is 25.3 Å². The molecule has 2 N–H and O–H groups in total. The number of benzene rings is 1. The molecule has 10 heteroatoms. The van der Waals surface area contributed by atoms with E-state index in [-0.39, 0.29) is 10.8 Å². The lowest BCUT2D eigenvalue weighted by molar-refractivity contribution is 0.599. The molecular formula is C14H15ClN6O2S. The summed E-state index contributed by atoms with van der Waals surface area (Å²) in [6.45, 7) is 3.68. The minimum atomic E-state index is -3.80. The Labute approximate surface area is 143 Å². The van der Waals surface area contributed by atoms with Crippen molar-refractivity contribution in [2.24, 2.45) is 0 Å². The summed E-state index contributed by atoms with van der Waals surface area (Å²) in [5, 5.41) is 11.3. The van der Waals surface area contributed by atoms with E-state index in [0.717, 1.165) is 5.56 Å². The molecule has 0 spiro atoms. The van der Waals surface area contributed by atoms with Crippen LogP contribution in [0.1, 0.15) is 17.0 Å². The Morgan fingerprint density at radius 3 is 2.79 bits per heavy atom. The van der Waals surface area contributed by atoms with Crippen LogP contribution in [0, 0.1) is 13.8 Å². The average Bonchev–Trinajstić information content (AvgIpc) is 3.05. The number of nitrogens with one attached hydrogen (secondary N) is 2. The van der Waals surface area contributed by atoms with Crippen molar-refractivity contribution in [3.8, 4) is 0 Å². The van der Waals surface area contributed by atoms with Crippen LogP contribution in [0.2, 0.25) is 5.02 Å². The number of sulfonamides is 1. The van der Waals surface area contributed by atoms with Gasteiger partial charge in [-0.2, -0.15) is 10.1 Å². The van der Waals surface area contributed by atoms with Gasteiger partial charge >= 0.3 is 0 Å². The van der Waals surface area contributed by atoms with E-state index in [9.17, 15) is 8.42 Å². The first kappa shape index (κ1) is 16.5. The zero-order chi connectivity index (χ0) is 17.3. The molecule has 0 bridgehead atoms. The van der Waals surface area contributed by atoms with Gasteiger partial charge in [-0.15, -0.1) is 5.10 Å². The van der Waals surface area contributed by atoms with Crippen LogP contribution in [0.25, 0.3) is 0 Å². The molecule has 0 fully saturated rings. The van der Waals surface area contributed by atoms with Crippen molar-refractivity contribution in [1.82, 2.24) is 25.0 Å². The summed E-state index contributed by atoms with van der Waals surface area (Å²) in [7, 11) is -3.80. The number of hydrogen-bond acceptors (Lipinski definition) is 5. The van der Waals surface area contributed by atoms with E-state index in [4.69, 9.17) is 11.6 Å². The highest BCUT2D eigenvalue weighted by atomic mass is 35.5. The summed E-state index contributed by atoms with van der Waals surface area (Å²) in [6.07, 6.45) is 1.45. The van der Waals surface area contributed by atoms with Crippen LogP contribution in [0.4, 0.5) is 5.95 Å². The number of H-pyrrole nitrogens is 1. The molecule has 0 aliphatic carbocycles. The van der Waals surface area contributed by atoms with Crippen molar-refractivity contribution < 1.29 is 8.42 Å². The molecule has 1 aromatic carbocycles. The van der Waals surface area contributed by atoms with Gasteiger partial charge in [0.25, 0.3) is 16.0 Å². The fourth-order valence-electron chi connectivity index (χ4n) is 2.35. The number of aromatic nitrogens is 5. The first-order valence-electron chi connectivity index (χ1n) is 7.03. The van der Waals surface area contributed by atoms with Gasteiger partial charge in [-0.3, -0.25) is 5.10 Å². The molecular weight excluding hydrogens is 352 g/mol. The van der Waals surface area contributed by atoms with Crippen LogP contribution in [-0.4, -0.2) is 33.4 Å². The predicted molar refractivity (Wildman–Crippen MR) is 89.4 cm³/mol. The first-order chi connectivity index (χ1) is 11.3. The topological polar surface area (TPSA) is 106 Å². The van der Waals surface area contributed by atoms with E-state index in [1.807, 2.05) is 18.2 Å². The summed E-state index contributed by atoms with van der Waals surface area (Å²) in [4.78, 5) is 4.09. The zero-order valence-electron chi connectivity index (χ0n) is 13.0. The highest BCUT2D eigenvalue weighted by molar-refractivity contribution is 7.92. The standard InChI is InChI=1S/C14H15ClN6O2S/c1-9-13(10(2)18-17-9)24(22,23)20-14-16-8-21(19-14)7-11-4-3-5-12(15)6-11/h3-6,8H,7H2,1-2H3,(H,17,18)(H,19,20). The Balaban J connectivity index is 1.79. The average molecular weight is 367 g/mol. The Hall–Kier alpha value is -2.39. The molecule has 3 rings (SSSR count). The van der Waals surface area contributed by atoms with Gasteiger partial charge in [0.15, 0.2) is 0 Å². The van der Waals surface area contributed by atoms with Crippen LogP contribution in [0.15, 0.2) is 35.5 Å². The van der Waals surface area contributed by atoms with Gasteiger partial charge in [0, 0.05) is 5.02 Å². The molecule has 0 aliphatic rings. The smallest absolute Gasteiger partial charge is 0.267 e. The minimum Gasteiger partial charge on any atom is -0.281 e. The second-order valence-corrected chi connectivity index (χ2v) is 7.32. The van der Waals surface area contributed by atoms with Crippen LogP contribution >= 0.6 is 11.6 Å². The quantitative estimate of drug-likeness (QED) is 0.719. The van der Waals surface area contributed by atoms with E-state index in [1.54, 1.807) is 19.9 Å². The Morgan fingerprint density at radius 2 is 2.12 bits per heavy atom.